The fourth-order valence-electron chi connectivity index (χ4n) is 3.08. The first-order valence-electron chi connectivity index (χ1n) is 7.98. The third-order valence-electron chi connectivity index (χ3n) is 4.37. The molecule has 25 heavy (non-hydrogen) atoms. The number of hydrogen-bond donors (Lipinski definition) is 0. The normalized spacial score (nSPS) is 19.0. The number of hydrogen-bond acceptors (Lipinski definition) is 5. The second kappa shape index (κ2) is 6.36. The van der Waals surface area contributed by atoms with Crippen molar-refractivity contribution in [3.05, 3.63) is 29.7 Å². The molecule has 0 spiro atoms. The molecule has 0 saturated carbocycles. The Balaban J connectivity index is 2.09. The third-order valence-corrected chi connectivity index (χ3v) is 6.32. The molecule has 3 rings (SSSR count). The van der Waals surface area contributed by atoms with E-state index >= 15 is 0 Å². The van der Waals surface area contributed by atoms with Gasteiger partial charge >= 0.3 is 0 Å². The summed E-state index contributed by atoms with van der Waals surface area (Å²) in [5, 5.41) is 4.30. The van der Waals surface area contributed by atoms with E-state index in [1.54, 1.807) is 30.9 Å². The average molecular weight is 366 g/mol. The van der Waals surface area contributed by atoms with Crippen LogP contribution < -0.4 is 0 Å². The lowest BCUT2D eigenvalue weighted by molar-refractivity contribution is 0.0829. The molecule has 0 aromatic carbocycles. The van der Waals surface area contributed by atoms with Gasteiger partial charge in [-0.1, -0.05) is 0 Å². The third kappa shape index (κ3) is 2.90. The van der Waals surface area contributed by atoms with E-state index in [1.807, 2.05) is 0 Å². The van der Waals surface area contributed by atoms with Crippen molar-refractivity contribution < 1.29 is 13.2 Å². The topological polar surface area (TPSA) is 91.1 Å². The van der Waals surface area contributed by atoms with E-state index in [0.717, 1.165) is 6.42 Å². The summed E-state index contributed by atoms with van der Waals surface area (Å²) >= 11 is 0. The fourth-order valence-corrected chi connectivity index (χ4v) is 4.39. The van der Waals surface area contributed by atoms with E-state index < -0.39 is 10.2 Å². The molecule has 2 aromatic rings. The zero-order chi connectivity index (χ0) is 18.4. The highest BCUT2D eigenvalue weighted by molar-refractivity contribution is 7.86. The van der Waals surface area contributed by atoms with Crippen molar-refractivity contribution in [2.45, 2.75) is 18.9 Å². The van der Waals surface area contributed by atoms with Gasteiger partial charge in [0.05, 0.1) is 17.9 Å². The molecular weight excluding hydrogens is 344 g/mol. The summed E-state index contributed by atoms with van der Waals surface area (Å²) in [6.45, 7) is 0.458. The summed E-state index contributed by atoms with van der Waals surface area (Å²) in [5.74, 6) is -0.191. The molecule has 0 aliphatic carbocycles. The first-order chi connectivity index (χ1) is 11.7. The maximum atomic E-state index is 12.6. The molecule has 1 fully saturated rings. The summed E-state index contributed by atoms with van der Waals surface area (Å²) in [5.41, 5.74) is 1.54. The fraction of sp³-hybridized carbons (Fsp3) is 0.533. The largest absolute Gasteiger partial charge is 0.345 e. The number of amides is 1. The summed E-state index contributed by atoms with van der Waals surface area (Å²) in [4.78, 5) is 18.0. The van der Waals surface area contributed by atoms with Gasteiger partial charge < -0.3 is 4.90 Å². The molecule has 0 bridgehead atoms. The second-order valence-electron chi connectivity index (χ2n) is 6.42. The number of nitrogens with zero attached hydrogens (tertiary/aromatic N) is 6. The van der Waals surface area contributed by atoms with Crippen LogP contribution >= 0.6 is 0 Å². The highest BCUT2D eigenvalue weighted by atomic mass is 32.2. The maximum Gasteiger partial charge on any atom is 0.282 e. The lowest BCUT2D eigenvalue weighted by Crippen LogP contribution is -2.40. The number of aromatic nitrogens is 3. The lowest BCUT2D eigenvalue weighted by Gasteiger charge is -2.27. The van der Waals surface area contributed by atoms with Crippen LogP contribution in [0.5, 0.6) is 0 Å². The van der Waals surface area contributed by atoms with Crippen LogP contribution in [0.1, 0.15) is 34.9 Å². The molecule has 10 heteroatoms. The van der Waals surface area contributed by atoms with Gasteiger partial charge in [0.1, 0.15) is 5.56 Å². The van der Waals surface area contributed by atoms with E-state index in [4.69, 9.17) is 0 Å². The molecule has 3 heterocycles. The molecular formula is C15H22N6O3S. The molecule has 136 valence electrons. The Kier molecular flexibility index (Phi) is 4.52. The molecule has 1 aliphatic heterocycles. The van der Waals surface area contributed by atoms with E-state index in [1.165, 1.54) is 33.8 Å². The number of carbonyl (C=O) groups excluding carboxylic acids is 1. The van der Waals surface area contributed by atoms with Crippen LogP contribution in [0.15, 0.2) is 18.5 Å². The van der Waals surface area contributed by atoms with Crippen LogP contribution in [0.4, 0.5) is 0 Å². The van der Waals surface area contributed by atoms with Gasteiger partial charge in [-0.3, -0.25) is 4.79 Å². The van der Waals surface area contributed by atoms with E-state index in [2.05, 4.69) is 10.1 Å². The minimum atomic E-state index is -3.54. The summed E-state index contributed by atoms with van der Waals surface area (Å²) < 4.78 is 29.5. The van der Waals surface area contributed by atoms with E-state index in [9.17, 15) is 13.2 Å². The van der Waals surface area contributed by atoms with Gasteiger partial charge in [0.2, 0.25) is 0 Å². The molecule has 1 aliphatic rings. The molecule has 9 nitrogen and oxygen atoms in total. The number of rotatable bonds is 4. The van der Waals surface area contributed by atoms with E-state index in [-0.39, 0.29) is 11.9 Å². The standard InChI is InChI=1S/C15H22N6O3S/c1-18(2)15(22)11-10-17-21-13(7-8-16-14(11)21)12-6-5-9-20(12)25(23,24)19(3)4/h7-8,10,12H,5-6,9H2,1-4H3. The second-order valence-corrected chi connectivity index (χ2v) is 8.52. The smallest absolute Gasteiger partial charge is 0.282 e. The maximum absolute atomic E-state index is 12.6. The number of carbonyl (C=O) groups is 1. The van der Waals surface area contributed by atoms with Gasteiger partial charge in [-0.25, -0.2) is 9.50 Å². The van der Waals surface area contributed by atoms with Crippen LogP contribution in [0.2, 0.25) is 0 Å². The average Bonchev–Trinajstić information content (AvgIpc) is 3.20. The molecule has 2 aromatic heterocycles. The predicted molar refractivity (Wildman–Crippen MR) is 92.3 cm³/mol. The zero-order valence-corrected chi connectivity index (χ0v) is 15.6. The first kappa shape index (κ1) is 17.8. The van der Waals surface area contributed by atoms with Crippen molar-refractivity contribution in [2.75, 3.05) is 34.7 Å². The Morgan fingerprint density at radius 1 is 1.28 bits per heavy atom. The quantitative estimate of drug-likeness (QED) is 0.780. The van der Waals surface area contributed by atoms with Crippen molar-refractivity contribution in [3.8, 4) is 0 Å². The van der Waals surface area contributed by atoms with Crippen molar-refractivity contribution >= 4 is 21.8 Å². The Labute approximate surface area is 147 Å². The molecule has 0 N–H and O–H groups in total. The predicted octanol–water partition coefficient (Wildman–Crippen LogP) is 0.374. The zero-order valence-electron chi connectivity index (χ0n) is 14.7. The summed E-state index contributed by atoms with van der Waals surface area (Å²) in [6.07, 6.45) is 4.54. The SMILES string of the molecule is CN(C)C(=O)c1cnn2c(C3CCCN3S(=O)(=O)N(C)C)ccnc12. The van der Waals surface area contributed by atoms with Crippen LogP contribution in [0.3, 0.4) is 0 Å². The Bertz CT molecular complexity index is 905. The van der Waals surface area contributed by atoms with Crippen molar-refractivity contribution in [2.24, 2.45) is 0 Å². The molecule has 0 radical (unpaired) electrons. The van der Waals surface area contributed by atoms with Gasteiger partial charge in [0.25, 0.3) is 16.1 Å². The minimum Gasteiger partial charge on any atom is -0.345 e. The first-order valence-corrected chi connectivity index (χ1v) is 9.38. The lowest BCUT2D eigenvalue weighted by atomic mass is 10.1. The van der Waals surface area contributed by atoms with Gasteiger partial charge in [-0.15, -0.1) is 0 Å². The van der Waals surface area contributed by atoms with Crippen LogP contribution in [-0.2, 0) is 10.2 Å². The van der Waals surface area contributed by atoms with Gasteiger partial charge in [-0.05, 0) is 18.9 Å². The van der Waals surface area contributed by atoms with E-state index in [0.29, 0.717) is 29.9 Å². The Morgan fingerprint density at radius 3 is 2.64 bits per heavy atom. The number of fused-ring (bicyclic) bond motifs is 1. The van der Waals surface area contributed by atoms with Gasteiger partial charge in [0, 0.05) is 40.9 Å². The van der Waals surface area contributed by atoms with Gasteiger partial charge in [-0.2, -0.15) is 22.1 Å². The van der Waals surface area contributed by atoms with Gasteiger partial charge in [0.15, 0.2) is 5.65 Å². The van der Waals surface area contributed by atoms with Crippen molar-refractivity contribution in [3.63, 3.8) is 0 Å². The summed E-state index contributed by atoms with van der Waals surface area (Å²) in [7, 11) is 2.84. The minimum absolute atomic E-state index is 0.191. The van der Waals surface area contributed by atoms with Crippen LogP contribution in [0, 0.1) is 0 Å². The van der Waals surface area contributed by atoms with Crippen molar-refractivity contribution in [1.29, 1.82) is 0 Å². The molecule has 1 atom stereocenters. The van der Waals surface area contributed by atoms with Crippen LogP contribution in [-0.4, -0.2) is 77.2 Å². The molecule has 1 amide bonds. The highest BCUT2D eigenvalue weighted by Gasteiger charge is 2.38. The monoisotopic (exact) mass is 366 g/mol. The van der Waals surface area contributed by atoms with Crippen LogP contribution in [0.25, 0.3) is 5.65 Å². The Hall–Kier alpha value is -2.04. The van der Waals surface area contributed by atoms with Crippen molar-refractivity contribution in [1.82, 2.24) is 28.1 Å². The highest BCUT2D eigenvalue weighted by Crippen LogP contribution is 2.34. The molecule has 1 saturated heterocycles. The summed E-state index contributed by atoms with van der Waals surface area (Å²) in [6, 6.07) is 1.43. The Morgan fingerprint density at radius 2 is 2.00 bits per heavy atom. The molecule has 1 unspecified atom stereocenters.